The zero-order chi connectivity index (χ0) is 11.8. The van der Waals surface area contributed by atoms with E-state index in [-0.39, 0.29) is 5.91 Å². The van der Waals surface area contributed by atoms with Crippen LogP contribution in [0.2, 0.25) is 0 Å². The van der Waals surface area contributed by atoms with Crippen LogP contribution in [-0.4, -0.2) is 38.7 Å². The molecule has 88 valence electrons. The van der Waals surface area contributed by atoms with Crippen LogP contribution in [0.25, 0.3) is 5.65 Å². The number of aromatic nitrogens is 3. The molecule has 2 aromatic rings. The number of hydrogen-bond donors (Lipinski definition) is 0. The second-order valence-corrected chi connectivity index (χ2v) is 3.97. The van der Waals surface area contributed by atoms with Gasteiger partial charge in [0.15, 0.2) is 5.65 Å². The molecule has 0 bridgehead atoms. The molecule has 0 radical (unpaired) electrons. The molecule has 1 aliphatic rings. The van der Waals surface area contributed by atoms with Crippen molar-refractivity contribution in [3.8, 4) is 0 Å². The van der Waals surface area contributed by atoms with E-state index in [1.165, 1.54) is 5.06 Å². The largest absolute Gasteiger partial charge is 0.280 e. The lowest BCUT2D eigenvalue weighted by atomic mass is 10.2. The average Bonchev–Trinajstić information content (AvgIpc) is 2.97. The highest BCUT2D eigenvalue weighted by Gasteiger charge is 2.23. The summed E-state index contributed by atoms with van der Waals surface area (Å²) in [6, 6.07) is 1.80. The Kier molecular flexibility index (Phi) is 2.29. The Morgan fingerprint density at radius 1 is 1.53 bits per heavy atom. The zero-order valence-corrected chi connectivity index (χ0v) is 9.46. The van der Waals surface area contributed by atoms with Gasteiger partial charge in [-0.15, -0.1) is 0 Å². The van der Waals surface area contributed by atoms with Gasteiger partial charge in [0, 0.05) is 12.3 Å². The van der Waals surface area contributed by atoms with Gasteiger partial charge < -0.3 is 0 Å². The van der Waals surface area contributed by atoms with Crippen molar-refractivity contribution in [1.29, 1.82) is 0 Å². The molecule has 1 fully saturated rings. The molecule has 1 aliphatic heterocycles. The average molecular weight is 232 g/mol. The standard InChI is InChI=1S/C11H12N4O2/c1-8-9(11(16)15-5-2-6-17-15)7-14-10(13-8)3-4-12-14/h3-4,7H,2,5-6H2,1H3. The first kappa shape index (κ1) is 10.2. The van der Waals surface area contributed by atoms with Gasteiger partial charge in [-0.1, -0.05) is 0 Å². The Bertz CT molecular complexity index is 572. The van der Waals surface area contributed by atoms with Crippen molar-refractivity contribution in [3.05, 3.63) is 29.7 Å². The summed E-state index contributed by atoms with van der Waals surface area (Å²) in [5.74, 6) is -0.148. The second-order valence-electron chi connectivity index (χ2n) is 3.97. The zero-order valence-electron chi connectivity index (χ0n) is 9.46. The number of nitrogens with zero attached hydrogens (tertiary/aromatic N) is 4. The van der Waals surface area contributed by atoms with E-state index in [0.29, 0.717) is 24.4 Å². The number of fused-ring (bicyclic) bond motifs is 1. The molecule has 2 aromatic heterocycles. The van der Waals surface area contributed by atoms with Crippen molar-refractivity contribution < 1.29 is 9.63 Å². The maximum atomic E-state index is 12.2. The lowest BCUT2D eigenvalue weighted by Gasteiger charge is -2.14. The van der Waals surface area contributed by atoms with Crippen LogP contribution in [0.3, 0.4) is 0 Å². The van der Waals surface area contributed by atoms with Crippen LogP contribution in [-0.2, 0) is 4.84 Å². The monoisotopic (exact) mass is 232 g/mol. The molecule has 1 amide bonds. The van der Waals surface area contributed by atoms with E-state index in [1.807, 2.05) is 6.92 Å². The molecule has 0 spiro atoms. The Morgan fingerprint density at radius 2 is 2.41 bits per heavy atom. The van der Waals surface area contributed by atoms with Gasteiger partial charge in [-0.3, -0.25) is 9.63 Å². The van der Waals surface area contributed by atoms with Gasteiger partial charge in [-0.25, -0.2) is 14.6 Å². The van der Waals surface area contributed by atoms with Crippen molar-refractivity contribution in [2.24, 2.45) is 0 Å². The number of carbonyl (C=O) groups excluding carboxylic acids is 1. The van der Waals surface area contributed by atoms with E-state index >= 15 is 0 Å². The molecule has 17 heavy (non-hydrogen) atoms. The molecule has 0 aliphatic carbocycles. The highest BCUT2D eigenvalue weighted by Crippen LogP contribution is 2.14. The normalized spacial score (nSPS) is 15.7. The number of carbonyl (C=O) groups is 1. The van der Waals surface area contributed by atoms with Crippen LogP contribution in [0.4, 0.5) is 0 Å². The summed E-state index contributed by atoms with van der Waals surface area (Å²) in [6.07, 6.45) is 4.23. The van der Waals surface area contributed by atoms with Crippen LogP contribution in [0, 0.1) is 6.92 Å². The number of rotatable bonds is 1. The number of aryl methyl sites for hydroxylation is 1. The van der Waals surface area contributed by atoms with E-state index < -0.39 is 0 Å². The van der Waals surface area contributed by atoms with Gasteiger partial charge in [0.1, 0.15) is 0 Å². The van der Waals surface area contributed by atoms with Crippen LogP contribution < -0.4 is 0 Å². The van der Waals surface area contributed by atoms with Gasteiger partial charge >= 0.3 is 0 Å². The van der Waals surface area contributed by atoms with E-state index in [2.05, 4.69) is 10.1 Å². The van der Waals surface area contributed by atoms with Gasteiger partial charge in [0.2, 0.25) is 0 Å². The highest BCUT2D eigenvalue weighted by atomic mass is 16.7. The number of hydrogen-bond acceptors (Lipinski definition) is 4. The molecule has 3 rings (SSSR count). The van der Waals surface area contributed by atoms with Crippen LogP contribution in [0.1, 0.15) is 22.5 Å². The summed E-state index contributed by atoms with van der Waals surface area (Å²) in [5, 5.41) is 5.46. The topological polar surface area (TPSA) is 59.7 Å². The first-order valence-electron chi connectivity index (χ1n) is 5.51. The van der Waals surface area contributed by atoms with Crippen LogP contribution >= 0.6 is 0 Å². The van der Waals surface area contributed by atoms with E-state index in [4.69, 9.17) is 4.84 Å². The van der Waals surface area contributed by atoms with Gasteiger partial charge in [-0.2, -0.15) is 5.10 Å². The molecule has 0 unspecified atom stereocenters. The minimum absolute atomic E-state index is 0.148. The summed E-state index contributed by atoms with van der Waals surface area (Å²) >= 11 is 0. The lowest BCUT2D eigenvalue weighted by Crippen LogP contribution is -2.27. The predicted octanol–water partition coefficient (Wildman–Crippen LogP) is 0.815. The van der Waals surface area contributed by atoms with E-state index in [9.17, 15) is 4.79 Å². The van der Waals surface area contributed by atoms with Crippen LogP contribution in [0.15, 0.2) is 18.5 Å². The molecular weight excluding hydrogens is 220 g/mol. The van der Waals surface area contributed by atoms with E-state index in [1.54, 1.807) is 23.0 Å². The SMILES string of the molecule is Cc1nc2ccnn2cc1C(=O)N1CCCO1. The fourth-order valence-electron chi connectivity index (χ4n) is 1.90. The first-order chi connectivity index (χ1) is 8.25. The number of hydroxylamine groups is 2. The minimum Gasteiger partial charge on any atom is -0.271 e. The Balaban J connectivity index is 2.03. The van der Waals surface area contributed by atoms with Crippen LogP contribution in [0.5, 0.6) is 0 Å². The van der Waals surface area contributed by atoms with Crippen molar-refractivity contribution >= 4 is 11.6 Å². The fraction of sp³-hybridized carbons (Fsp3) is 0.364. The molecule has 0 N–H and O–H groups in total. The smallest absolute Gasteiger partial charge is 0.271 e. The summed E-state index contributed by atoms with van der Waals surface area (Å²) < 4.78 is 1.59. The fourth-order valence-corrected chi connectivity index (χ4v) is 1.90. The molecule has 1 saturated heterocycles. The van der Waals surface area contributed by atoms with Gasteiger partial charge in [0.25, 0.3) is 5.91 Å². The molecule has 0 saturated carbocycles. The van der Waals surface area contributed by atoms with Crippen molar-refractivity contribution in [1.82, 2.24) is 19.7 Å². The van der Waals surface area contributed by atoms with Gasteiger partial charge in [0.05, 0.1) is 30.6 Å². The van der Waals surface area contributed by atoms with Gasteiger partial charge in [-0.05, 0) is 13.3 Å². The summed E-state index contributed by atoms with van der Waals surface area (Å²) in [4.78, 5) is 21.7. The lowest BCUT2D eigenvalue weighted by molar-refractivity contribution is -0.0769. The van der Waals surface area contributed by atoms with Crippen molar-refractivity contribution in [2.75, 3.05) is 13.2 Å². The maximum absolute atomic E-state index is 12.2. The number of amides is 1. The maximum Gasteiger partial charge on any atom is 0.280 e. The van der Waals surface area contributed by atoms with Crippen molar-refractivity contribution in [2.45, 2.75) is 13.3 Å². The Hall–Kier alpha value is -1.95. The molecular formula is C11H12N4O2. The Labute approximate surface area is 97.8 Å². The second kappa shape index (κ2) is 3.81. The van der Waals surface area contributed by atoms with E-state index in [0.717, 1.165) is 12.1 Å². The molecule has 6 nitrogen and oxygen atoms in total. The van der Waals surface area contributed by atoms with Crippen molar-refractivity contribution in [3.63, 3.8) is 0 Å². The summed E-state index contributed by atoms with van der Waals surface area (Å²) in [7, 11) is 0. The molecule has 6 heteroatoms. The molecule has 0 atom stereocenters. The quantitative estimate of drug-likeness (QED) is 0.730. The minimum atomic E-state index is -0.148. The third-order valence-electron chi connectivity index (χ3n) is 2.78. The third-order valence-corrected chi connectivity index (χ3v) is 2.78. The highest BCUT2D eigenvalue weighted by molar-refractivity contribution is 5.94. The first-order valence-corrected chi connectivity index (χ1v) is 5.51. The molecule has 0 aromatic carbocycles. The molecule has 3 heterocycles. The summed E-state index contributed by atoms with van der Waals surface area (Å²) in [5.41, 5.74) is 1.96. The third kappa shape index (κ3) is 1.66. The Morgan fingerprint density at radius 3 is 3.18 bits per heavy atom. The summed E-state index contributed by atoms with van der Waals surface area (Å²) in [6.45, 7) is 3.05. The predicted molar refractivity (Wildman–Crippen MR) is 59.3 cm³/mol.